The maximum Gasteiger partial charge on any atom is 0.201 e. The Morgan fingerprint density at radius 2 is 1.34 bits per heavy atom. The summed E-state index contributed by atoms with van der Waals surface area (Å²) in [6, 6.07) is 15.6. The largest absolute Gasteiger partial charge is 0.491 e. The zero-order valence-corrected chi connectivity index (χ0v) is 24.5. The van der Waals surface area contributed by atoms with Crippen LogP contribution in [0, 0.1) is 35.2 Å². The van der Waals surface area contributed by atoms with Crippen molar-refractivity contribution < 1.29 is 17.9 Å². The quantitative estimate of drug-likeness (QED) is 0.237. The highest BCUT2D eigenvalue weighted by atomic mass is 19.2. The Hall–Kier alpha value is -3.01. The molecule has 0 heterocycles. The van der Waals surface area contributed by atoms with Crippen LogP contribution in [0.5, 0.6) is 5.75 Å². The Morgan fingerprint density at radius 1 is 0.732 bits per heavy atom. The van der Waals surface area contributed by atoms with Gasteiger partial charge in [0.1, 0.15) is 5.82 Å². The van der Waals surface area contributed by atoms with Gasteiger partial charge in [-0.2, -0.15) is 4.39 Å². The second kappa shape index (κ2) is 13.8. The molecule has 3 aromatic carbocycles. The summed E-state index contributed by atoms with van der Waals surface area (Å²) >= 11 is 0. The summed E-state index contributed by atoms with van der Waals surface area (Å²) < 4.78 is 49.5. The Balaban J connectivity index is 1.18. The van der Waals surface area contributed by atoms with E-state index in [4.69, 9.17) is 4.74 Å². The molecule has 0 bridgehead atoms. The van der Waals surface area contributed by atoms with Crippen molar-refractivity contribution in [3.05, 3.63) is 89.8 Å². The minimum Gasteiger partial charge on any atom is -0.491 e. The van der Waals surface area contributed by atoms with Gasteiger partial charge in [-0.3, -0.25) is 0 Å². The van der Waals surface area contributed by atoms with Crippen LogP contribution in [0.3, 0.4) is 0 Å². The highest BCUT2D eigenvalue weighted by molar-refractivity contribution is 5.71. The van der Waals surface area contributed by atoms with Gasteiger partial charge in [0.25, 0.3) is 0 Å². The van der Waals surface area contributed by atoms with Gasteiger partial charge in [0.15, 0.2) is 11.6 Å². The maximum atomic E-state index is 15.3. The molecular formula is C37H43F3O. The summed E-state index contributed by atoms with van der Waals surface area (Å²) in [5.74, 6) is 0.780. The lowest BCUT2D eigenvalue weighted by Crippen LogP contribution is -2.25. The van der Waals surface area contributed by atoms with Gasteiger partial charge in [-0.05, 0) is 124 Å². The fraction of sp³-hybridized carbons (Fsp3) is 0.459. The molecule has 3 aromatic rings. The van der Waals surface area contributed by atoms with Gasteiger partial charge in [-0.15, -0.1) is 0 Å². The van der Waals surface area contributed by atoms with Crippen LogP contribution in [-0.4, -0.2) is 6.61 Å². The first-order valence-corrected chi connectivity index (χ1v) is 15.6. The van der Waals surface area contributed by atoms with Gasteiger partial charge in [-0.25, -0.2) is 8.78 Å². The fourth-order valence-corrected chi connectivity index (χ4v) is 7.24. The Morgan fingerprint density at radius 3 is 1.95 bits per heavy atom. The van der Waals surface area contributed by atoms with E-state index in [1.54, 1.807) is 37.3 Å². The summed E-state index contributed by atoms with van der Waals surface area (Å²) in [4.78, 5) is 0. The van der Waals surface area contributed by atoms with Gasteiger partial charge in [0.2, 0.25) is 5.82 Å². The SMILES string of the molecule is CC=CCCC1CCC(C2CCC(c3ccc(-c4ccc(-c5ccc(OCC)c(F)c5F)cc4)c(F)c3)CC2)CC1. The van der Waals surface area contributed by atoms with Crippen LogP contribution in [0.2, 0.25) is 0 Å². The van der Waals surface area contributed by atoms with E-state index in [0.717, 1.165) is 41.7 Å². The van der Waals surface area contributed by atoms with E-state index >= 15 is 4.39 Å². The van der Waals surface area contributed by atoms with Crippen molar-refractivity contribution in [1.29, 1.82) is 0 Å². The Labute approximate surface area is 243 Å². The van der Waals surface area contributed by atoms with E-state index in [1.807, 2.05) is 6.07 Å². The normalized spacial score (nSPS) is 23.1. The van der Waals surface area contributed by atoms with E-state index in [1.165, 1.54) is 63.5 Å². The first-order valence-electron chi connectivity index (χ1n) is 15.6. The smallest absolute Gasteiger partial charge is 0.201 e. The molecule has 1 nitrogen and oxygen atoms in total. The van der Waals surface area contributed by atoms with Gasteiger partial charge in [0, 0.05) is 11.1 Å². The van der Waals surface area contributed by atoms with Crippen molar-refractivity contribution in [3.8, 4) is 28.0 Å². The standard InChI is InChI=1S/C37H43F3O/c1-3-5-6-7-25-8-10-26(11-9-25)27-12-14-28(15-13-27)31-20-21-32(34(38)24-31)29-16-18-30(19-17-29)33-22-23-35(41-4-2)37(40)36(33)39/h3,5,16-28H,4,6-15H2,1-2H3. The number of rotatable bonds is 9. The summed E-state index contributed by atoms with van der Waals surface area (Å²) in [6.07, 6.45) is 17.4. The lowest BCUT2D eigenvalue weighted by molar-refractivity contribution is 0.157. The predicted molar refractivity (Wildman–Crippen MR) is 163 cm³/mol. The highest BCUT2D eigenvalue weighted by Crippen LogP contribution is 2.45. The summed E-state index contributed by atoms with van der Waals surface area (Å²) in [6.45, 7) is 4.09. The first-order chi connectivity index (χ1) is 20.0. The van der Waals surface area contributed by atoms with Gasteiger partial charge >= 0.3 is 0 Å². The molecule has 41 heavy (non-hydrogen) atoms. The van der Waals surface area contributed by atoms with E-state index in [9.17, 15) is 8.78 Å². The third-order valence-electron chi connectivity index (χ3n) is 9.63. The molecule has 2 saturated carbocycles. The van der Waals surface area contributed by atoms with Gasteiger partial charge in [0.05, 0.1) is 6.61 Å². The molecule has 5 rings (SSSR count). The zero-order valence-electron chi connectivity index (χ0n) is 24.5. The molecule has 0 saturated heterocycles. The number of halogens is 3. The van der Waals surface area contributed by atoms with E-state index in [-0.39, 0.29) is 23.7 Å². The third kappa shape index (κ3) is 6.90. The van der Waals surface area contributed by atoms with Crippen LogP contribution in [0.4, 0.5) is 13.2 Å². The van der Waals surface area contributed by atoms with Crippen molar-refractivity contribution in [2.24, 2.45) is 17.8 Å². The molecule has 0 spiro atoms. The third-order valence-corrected chi connectivity index (χ3v) is 9.63. The van der Waals surface area contributed by atoms with Crippen LogP contribution in [0.1, 0.15) is 89.5 Å². The number of hydrogen-bond acceptors (Lipinski definition) is 1. The molecule has 0 aromatic heterocycles. The monoisotopic (exact) mass is 560 g/mol. The van der Waals surface area contributed by atoms with Crippen molar-refractivity contribution in [3.63, 3.8) is 0 Å². The molecule has 2 aliphatic carbocycles. The molecule has 2 fully saturated rings. The molecule has 0 N–H and O–H groups in total. The molecule has 0 unspecified atom stereocenters. The van der Waals surface area contributed by atoms with E-state index in [0.29, 0.717) is 17.0 Å². The highest BCUT2D eigenvalue weighted by Gasteiger charge is 2.31. The molecule has 0 amide bonds. The Bertz CT molecular complexity index is 1310. The van der Waals surface area contributed by atoms with Gasteiger partial charge < -0.3 is 4.74 Å². The minimum absolute atomic E-state index is 0.0978. The first kappa shape index (κ1) is 29.5. The van der Waals surface area contributed by atoms with Crippen molar-refractivity contribution >= 4 is 0 Å². The molecular weight excluding hydrogens is 517 g/mol. The Kier molecular flexibility index (Phi) is 9.90. The predicted octanol–water partition coefficient (Wildman–Crippen LogP) is 11.3. The van der Waals surface area contributed by atoms with Gasteiger partial charge in [-0.1, -0.05) is 61.4 Å². The molecule has 218 valence electrons. The summed E-state index contributed by atoms with van der Waals surface area (Å²) in [5.41, 5.74) is 3.03. The van der Waals surface area contributed by atoms with Crippen LogP contribution in [0.15, 0.2) is 66.7 Å². The van der Waals surface area contributed by atoms with Crippen LogP contribution in [0.25, 0.3) is 22.3 Å². The number of allylic oxidation sites excluding steroid dienone is 2. The maximum absolute atomic E-state index is 15.3. The van der Waals surface area contributed by atoms with Crippen LogP contribution >= 0.6 is 0 Å². The van der Waals surface area contributed by atoms with E-state index in [2.05, 4.69) is 25.1 Å². The van der Waals surface area contributed by atoms with Crippen molar-refractivity contribution in [2.75, 3.05) is 6.61 Å². The molecule has 4 heteroatoms. The minimum atomic E-state index is -0.993. The van der Waals surface area contributed by atoms with Crippen molar-refractivity contribution in [1.82, 2.24) is 0 Å². The number of ether oxygens (including phenoxy) is 1. The van der Waals surface area contributed by atoms with E-state index < -0.39 is 11.6 Å². The fourth-order valence-electron chi connectivity index (χ4n) is 7.24. The topological polar surface area (TPSA) is 9.23 Å². The molecule has 0 atom stereocenters. The average Bonchev–Trinajstić information content (AvgIpc) is 3.00. The second-order valence-corrected chi connectivity index (χ2v) is 12.0. The lowest BCUT2D eigenvalue weighted by atomic mass is 9.68. The number of hydrogen-bond donors (Lipinski definition) is 0. The lowest BCUT2D eigenvalue weighted by Gasteiger charge is -2.38. The number of benzene rings is 3. The average molecular weight is 561 g/mol. The molecule has 2 aliphatic rings. The zero-order chi connectivity index (χ0) is 28.8. The second-order valence-electron chi connectivity index (χ2n) is 12.0. The summed E-state index contributed by atoms with van der Waals surface area (Å²) in [7, 11) is 0. The summed E-state index contributed by atoms with van der Waals surface area (Å²) in [5, 5.41) is 0. The van der Waals surface area contributed by atoms with Crippen LogP contribution < -0.4 is 4.74 Å². The molecule has 0 radical (unpaired) electrons. The van der Waals surface area contributed by atoms with Crippen molar-refractivity contribution in [2.45, 2.75) is 84.0 Å². The van der Waals surface area contributed by atoms with Crippen LogP contribution in [-0.2, 0) is 0 Å². The molecule has 0 aliphatic heterocycles.